The van der Waals surface area contributed by atoms with Gasteiger partial charge in [0, 0.05) is 13.1 Å². The Bertz CT molecular complexity index is 91.8. The maximum atomic E-state index is 5.77. The maximum absolute atomic E-state index is 5.77. The van der Waals surface area contributed by atoms with Crippen molar-refractivity contribution in [2.24, 2.45) is 0 Å². The summed E-state index contributed by atoms with van der Waals surface area (Å²) >= 11 is 0. The zero-order valence-electron chi connectivity index (χ0n) is 8.97. The van der Waals surface area contributed by atoms with Crippen LogP contribution in [0.4, 0.5) is 0 Å². The molecule has 1 atom stereocenters. The molecule has 0 bridgehead atoms. The van der Waals surface area contributed by atoms with E-state index in [0.29, 0.717) is 6.10 Å². The summed E-state index contributed by atoms with van der Waals surface area (Å²) in [5.41, 5.74) is 0. The molecule has 0 rings (SSSR count). The molecule has 0 aromatic heterocycles. The molecule has 0 spiro atoms. The molecule has 0 aliphatic heterocycles. The van der Waals surface area contributed by atoms with Crippen molar-refractivity contribution in [1.29, 1.82) is 0 Å². The highest BCUT2D eigenvalue weighted by Crippen LogP contribution is 2.08. The van der Waals surface area contributed by atoms with Crippen LogP contribution in [-0.2, 0) is 4.84 Å². The Labute approximate surface area is 76.9 Å². The van der Waals surface area contributed by atoms with Crippen molar-refractivity contribution in [2.75, 3.05) is 13.1 Å². The van der Waals surface area contributed by atoms with Gasteiger partial charge in [0.15, 0.2) is 0 Å². The molecule has 0 radical (unpaired) electrons. The topological polar surface area (TPSA) is 12.5 Å². The van der Waals surface area contributed by atoms with Crippen LogP contribution in [0.3, 0.4) is 0 Å². The minimum atomic E-state index is 0.426. The molecule has 0 aliphatic rings. The smallest absolute Gasteiger partial charge is 0.0790 e. The van der Waals surface area contributed by atoms with Gasteiger partial charge in [0.1, 0.15) is 0 Å². The third-order valence-electron chi connectivity index (χ3n) is 2.07. The summed E-state index contributed by atoms with van der Waals surface area (Å²) in [5.74, 6) is 0. The molecule has 0 aliphatic carbocycles. The predicted octanol–water partition coefficient (Wildman–Crippen LogP) is 2.84. The summed E-state index contributed by atoms with van der Waals surface area (Å²) in [5, 5.41) is 2.03. The number of rotatable bonds is 7. The lowest BCUT2D eigenvalue weighted by atomic mass is 10.2. The normalized spacial score (nSPS) is 13.8. The second-order valence-corrected chi connectivity index (χ2v) is 3.04. The first-order valence-electron chi connectivity index (χ1n) is 5.20. The molecule has 1 unspecified atom stereocenters. The van der Waals surface area contributed by atoms with E-state index in [-0.39, 0.29) is 0 Å². The zero-order valence-corrected chi connectivity index (χ0v) is 8.97. The van der Waals surface area contributed by atoms with Gasteiger partial charge in [0.05, 0.1) is 6.10 Å². The van der Waals surface area contributed by atoms with Gasteiger partial charge in [-0.15, -0.1) is 0 Å². The molecule has 0 saturated heterocycles. The fraction of sp³-hybridized carbons (Fsp3) is 1.00. The Morgan fingerprint density at radius 2 is 1.67 bits per heavy atom. The van der Waals surface area contributed by atoms with E-state index in [1.807, 2.05) is 5.06 Å². The molecule has 0 aromatic rings. The average Bonchev–Trinajstić information content (AvgIpc) is 2.12. The Morgan fingerprint density at radius 1 is 1.08 bits per heavy atom. The van der Waals surface area contributed by atoms with Gasteiger partial charge in [0.2, 0.25) is 0 Å². The Hall–Kier alpha value is -0.0800. The summed E-state index contributed by atoms with van der Waals surface area (Å²) in [6.45, 7) is 10.6. The first-order valence-corrected chi connectivity index (χ1v) is 5.20. The highest BCUT2D eigenvalue weighted by Gasteiger charge is 2.08. The van der Waals surface area contributed by atoms with E-state index < -0.39 is 0 Å². The summed E-state index contributed by atoms with van der Waals surface area (Å²) in [4.78, 5) is 5.77. The average molecular weight is 173 g/mol. The van der Waals surface area contributed by atoms with Crippen LogP contribution in [0.2, 0.25) is 0 Å². The molecule has 0 fully saturated rings. The SMILES string of the molecule is CCCC(CC)ON(CC)CC. The third-order valence-corrected chi connectivity index (χ3v) is 2.07. The van der Waals surface area contributed by atoms with E-state index in [1.165, 1.54) is 12.8 Å². The fourth-order valence-electron chi connectivity index (χ4n) is 1.24. The zero-order chi connectivity index (χ0) is 9.40. The summed E-state index contributed by atoms with van der Waals surface area (Å²) in [7, 11) is 0. The number of hydrogen-bond acceptors (Lipinski definition) is 2. The molecular formula is C10H23NO. The van der Waals surface area contributed by atoms with Crippen molar-refractivity contribution in [2.45, 2.75) is 53.1 Å². The van der Waals surface area contributed by atoms with Gasteiger partial charge in [0.25, 0.3) is 0 Å². The lowest BCUT2D eigenvalue weighted by molar-refractivity contribution is -0.195. The van der Waals surface area contributed by atoms with Crippen molar-refractivity contribution < 1.29 is 4.84 Å². The van der Waals surface area contributed by atoms with E-state index in [2.05, 4.69) is 27.7 Å². The highest BCUT2D eigenvalue weighted by molar-refractivity contribution is 4.53. The standard InChI is InChI=1S/C10H23NO/c1-5-9-10(6-2)12-11(7-3)8-4/h10H,5-9H2,1-4H3. The minimum Gasteiger partial charge on any atom is -0.296 e. The molecule has 0 amide bonds. The van der Waals surface area contributed by atoms with Crippen molar-refractivity contribution in [1.82, 2.24) is 5.06 Å². The van der Waals surface area contributed by atoms with E-state index in [1.54, 1.807) is 0 Å². The third kappa shape index (κ3) is 4.73. The Morgan fingerprint density at radius 3 is 2.00 bits per heavy atom. The molecule has 74 valence electrons. The molecule has 0 aromatic carbocycles. The Kier molecular flexibility index (Phi) is 7.51. The van der Waals surface area contributed by atoms with E-state index >= 15 is 0 Å². The molecular weight excluding hydrogens is 150 g/mol. The number of nitrogens with zero attached hydrogens (tertiary/aromatic N) is 1. The Balaban J connectivity index is 3.65. The van der Waals surface area contributed by atoms with Gasteiger partial charge in [-0.1, -0.05) is 34.1 Å². The van der Waals surface area contributed by atoms with E-state index in [9.17, 15) is 0 Å². The molecule has 12 heavy (non-hydrogen) atoms. The lowest BCUT2D eigenvalue weighted by Crippen LogP contribution is -2.29. The van der Waals surface area contributed by atoms with Crippen LogP contribution >= 0.6 is 0 Å². The largest absolute Gasteiger partial charge is 0.296 e. The fourth-order valence-corrected chi connectivity index (χ4v) is 1.24. The van der Waals surface area contributed by atoms with Gasteiger partial charge in [-0.25, -0.2) is 0 Å². The van der Waals surface area contributed by atoms with Crippen LogP contribution in [-0.4, -0.2) is 24.3 Å². The van der Waals surface area contributed by atoms with E-state index in [4.69, 9.17) is 4.84 Å². The minimum absolute atomic E-state index is 0.426. The summed E-state index contributed by atoms with van der Waals surface area (Å²) in [6.07, 6.45) is 3.92. The molecule has 2 nitrogen and oxygen atoms in total. The number of hydrogen-bond donors (Lipinski definition) is 0. The van der Waals surface area contributed by atoms with Crippen LogP contribution < -0.4 is 0 Å². The van der Waals surface area contributed by atoms with Gasteiger partial charge in [-0.3, -0.25) is 4.84 Å². The highest BCUT2D eigenvalue weighted by atomic mass is 16.7. The monoisotopic (exact) mass is 173 g/mol. The van der Waals surface area contributed by atoms with Crippen LogP contribution in [0.25, 0.3) is 0 Å². The van der Waals surface area contributed by atoms with Gasteiger partial charge in [-0.05, 0) is 12.8 Å². The van der Waals surface area contributed by atoms with Crippen molar-refractivity contribution in [3.63, 3.8) is 0 Å². The van der Waals surface area contributed by atoms with Crippen LogP contribution in [0, 0.1) is 0 Å². The quantitative estimate of drug-likeness (QED) is 0.549. The summed E-state index contributed by atoms with van der Waals surface area (Å²) in [6, 6.07) is 0. The lowest BCUT2D eigenvalue weighted by Gasteiger charge is -2.24. The summed E-state index contributed by atoms with van der Waals surface area (Å²) < 4.78 is 0. The second kappa shape index (κ2) is 7.56. The van der Waals surface area contributed by atoms with Crippen LogP contribution in [0.1, 0.15) is 47.0 Å². The van der Waals surface area contributed by atoms with Gasteiger partial charge < -0.3 is 0 Å². The van der Waals surface area contributed by atoms with E-state index in [0.717, 1.165) is 19.5 Å². The van der Waals surface area contributed by atoms with Gasteiger partial charge >= 0.3 is 0 Å². The van der Waals surface area contributed by atoms with Gasteiger partial charge in [-0.2, -0.15) is 5.06 Å². The first kappa shape index (κ1) is 11.9. The molecule has 2 heteroatoms. The molecule has 0 N–H and O–H groups in total. The predicted molar refractivity (Wildman–Crippen MR) is 53.0 cm³/mol. The van der Waals surface area contributed by atoms with Crippen molar-refractivity contribution >= 4 is 0 Å². The number of hydroxylamine groups is 2. The molecule has 0 heterocycles. The molecule has 0 saturated carbocycles. The maximum Gasteiger partial charge on any atom is 0.0790 e. The van der Waals surface area contributed by atoms with Crippen molar-refractivity contribution in [3.05, 3.63) is 0 Å². The van der Waals surface area contributed by atoms with Crippen LogP contribution in [0.15, 0.2) is 0 Å². The van der Waals surface area contributed by atoms with Crippen LogP contribution in [0.5, 0.6) is 0 Å². The second-order valence-electron chi connectivity index (χ2n) is 3.04. The van der Waals surface area contributed by atoms with Crippen molar-refractivity contribution in [3.8, 4) is 0 Å². The first-order chi connectivity index (χ1) is 5.78.